The van der Waals surface area contributed by atoms with Crippen molar-refractivity contribution in [2.24, 2.45) is 0 Å². The summed E-state index contributed by atoms with van der Waals surface area (Å²) in [7, 11) is -7.66. The largest absolute Gasteiger partial charge is 0.464 e. The molecule has 0 unspecified atom stereocenters. The van der Waals surface area contributed by atoms with Crippen LogP contribution in [-0.2, 0) is 47.7 Å². The molecule has 12 heteroatoms. The maximum absolute atomic E-state index is 11.5. The molecule has 0 aromatic carbocycles. The van der Waals surface area contributed by atoms with Crippen molar-refractivity contribution < 1.29 is 44.3 Å². The molecule has 0 heterocycles. The minimum Gasteiger partial charge on any atom is -0.464 e. The first-order valence-electron chi connectivity index (χ1n) is 8.17. The Bertz CT molecular complexity index is 568. The van der Waals surface area contributed by atoms with Crippen molar-refractivity contribution in [2.45, 2.75) is 39.5 Å². The molecular formula is C14H26O10S2. The van der Waals surface area contributed by atoms with Crippen LogP contribution in [0.5, 0.6) is 0 Å². The van der Waals surface area contributed by atoms with Gasteiger partial charge in [-0.1, -0.05) is 12.8 Å². The smallest absolute Gasteiger partial charge is 0.333 e. The second-order valence-corrected chi connectivity index (χ2v) is 8.59. The molecular weight excluding hydrogens is 392 g/mol. The lowest BCUT2D eigenvalue weighted by Gasteiger charge is -2.06. The van der Waals surface area contributed by atoms with E-state index in [1.165, 1.54) is 0 Å². The Morgan fingerprint density at radius 1 is 0.654 bits per heavy atom. The number of ether oxygens (including phenoxy) is 2. The zero-order valence-electron chi connectivity index (χ0n) is 15.0. The monoisotopic (exact) mass is 418 g/mol. The van der Waals surface area contributed by atoms with E-state index in [2.05, 4.69) is 17.8 Å². The maximum atomic E-state index is 11.5. The predicted molar refractivity (Wildman–Crippen MR) is 91.2 cm³/mol. The summed E-state index contributed by atoms with van der Waals surface area (Å²) in [5.74, 6) is -2.08. The molecule has 0 amide bonds. The summed E-state index contributed by atoms with van der Waals surface area (Å²) in [6, 6.07) is 0. The molecule has 0 spiro atoms. The second kappa shape index (κ2) is 13.0. The van der Waals surface area contributed by atoms with E-state index in [0.29, 0.717) is 12.8 Å². The van der Waals surface area contributed by atoms with E-state index in [1.54, 1.807) is 13.8 Å². The summed E-state index contributed by atoms with van der Waals surface area (Å²) in [5, 5.41) is 0. The van der Waals surface area contributed by atoms with Gasteiger partial charge >= 0.3 is 11.9 Å². The average Bonchev–Trinajstić information content (AvgIpc) is 2.55. The first-order valence-corrected chi connectivity index (χ1v) is 11.3. The van der Waals surface area contributed by atoms with Gasteiger partial charge in [-0.25, -0.2) is 9.59 Å². The molecule has 0 atom stereocenters. The number of carbonyl (C=O) groups excluding carboxylic acids is 2. The minimum absolute atomic E-state index is 0.134. The average molecular weight is 418 g/mol. The van der Waals surface area contributed by atoms with Crippen LogP contribution < -0.4 is 0 Å². The lowest BCUT2D eigenvalue weighted by Crippen LogP contribution is -2.19. The van der Waals surface area contributed by atoms with Crippen LogP contribution in [-0.4, -0.2) is 66.7 Å². The fourth-order valence-electron chi connectivity index (χ4n) is 1.71. The Kier molecular flexibility index (Phi) is 12.4. The summed E-state index contributed by atoms with van der Waals surface area (Å²) in [6.07, 6.45) is 1.43. The maximum Gasteiger partial charge on any atom is 0.333 e. The van der Waals surface area contributed by atoms with E-state index < -0.39 is 45.4 Å². The number of esters is 2. The molecule has 10 nitrogen and oxygen atoms in total. The van der Waals surface area contributed by atoms with Crippen molar-refractivity contribution in [3.05, 3.63) is 0 Å². The van der Waals surface area contributed by atoms with E-state index in [0.717, 1.165) is 0 Å². The molecule has 0 aliphatic rings. The van der Waals surface area contributed by atoms with E-state index in [4.69, 9.17) is 0 Å². The quantitative estimate of drug-likeness (QED) is 0.208. The van der Waals surface area contributed by atoms with Gasteiger partial charge in [0.2, 0.25) is 0 Å². The van der Waals surface area contributed by atoms with Crippen LogP contribution in [0.25, 0.3) is 0 Å². The van der Waals surface area contributed by atoms with Gasteiger partial charge in [-0.3, -0.25) is 8.37 Å². The number of hydrogen-bond acceptors (Lipinski definition) is 10. The van der Waals surface area contributed by atoms with Crippen LogP contribution >= 0.6 is 0 Å². The van der Waals surface area contributed by atoms with Crippen molar-refractivity contribution in [3.63, 3.8) is 0 Å². The third kappa shape index (κ3) is 14.0. The van der Waals surface area contributed by atoms with Crippen LogP contribution in [0.15, 0.2) is 0 Å². The SMILES string of the molecule is CCOC(=O)COS(=O)(=O)CCCCCCS(=O)(=O)OCC(=O)OCC. The molecule has 26 heavy (non-hydrogen) atoms. The fraction of sp³-hybridized carbons (Fsp3) is 0.857. The van der Waals surface area contributed by atoms with Gasteiger partial charge in [0.05, 0.1) is 24.7 Å². The van der Waals surface area contributed by atoms with Crippen LogP contribution in [0.3, 0.4) is 0 Å². The molecule has 0 aliphatic heterocycles. The Morgan fingerprint density at radius 3 is 1.31 bits per heavy atom. The molecule has 0 fully saturated rings. The van der Waals surface area contributed by atoms with E-state index in [9.17, 15) is 26.4 Å². The highest BCUT2D eigenvalue weighted by atomic mass is 32.2. The van der Waals surface area contributed by atoms with Crippen molar-refractivity contribution in [1.29, 1.82) is 0 Å². The van der Waals surface area contributed by atoms with Gasteiger partial charge in [0.15, 0.2) is 13.2 Å². The van der Waals surface area contributed by atoms with Crippen LogP contribution in [0.4, 0.5) is 0 Å². The predicted octanol–water partition coefficient (Wildman–Crippen LogP) is 0.366. The lowest BCUT2D eigenvalue weighted by molar-refractivity contribution is -0.146. The zero-order valence-corrected chi connectivity index (χ0v) is 16.6. The summed E-state index contributed by atoms with van der Waals surface area (Å²) < 4.78 is 64.3. The van der Waals surface area contributed by atoms with Crippen LogP contribution in [0, 0.1) is 0 Å². The number of unbranched alkanes of at least 4 members (excludes halogenated alkanes) is 3. The van der Waals surface area contributed by atoms with E-state index in [1.807, 2.05) is 0 Å². The standard InChI is InChI=1S/C14H26O10S2/c1-3-21-13(15)11-23-25(17,18)9-7-5-6-8-10-26(19,20)24-12-14(16)22-4-2/h3-12H2,1-2H3. The Morgan fingerprint density at radius 2 is 1.00 bits per heavy atom. The molecule has 0 saturated carbocycles. The van der Waals surface area contributed by atoms with Crippen molar-refractivity contribution in [1.82, 2.24) is 0 Å². The number of rotatable bonds is 15. The van der Waals surface area contributed by atoms with E-state index >= 15 is 0 Å². The Hall–Kier alpha value is -1.24. The highest BCUT2D eigenvalue weighted by Crippen LogP contribution is 2.07. The molecule has 0 aromatic heterocycles. The van der Waals surface area contributed by atoms with Gasteiger partial charge in [0, 0.05) is 0 Å². The first-order chi connectivity index (χ1) is 12.1. The van der Waals surface area contributed by atoms with Crippen molar-refractivity contribution in [3.8, 4) is 0 Å². The Labute approximate surface area is 154 Å². The molecule has 0 saturated heterocycles. The van der Waals surface area contributed by atoms with E-state index in [-0.39, 0.29) is 37.6 Å². The molecule has 154 valence electrons. The second-order valence-electron chi connectivity index (χ2n) is 5.07. The van der Waals surface area contributed by atoms with Crippen molar-refractivity contribution >= 4 is 32.2 Å². The van der Waals surface area contributed by atoms with Crippen LogP contribution in [0.2, 0.25) is 0 Å². The van der Waals surface area contributed by atoms with Gasteiger partial charge in [0.25, 0.3) is 20.2 Å². The number of carbonyl (C=O) groups is 2. The topological polar surface area (TPSA) is 139 Å². The summed E-state index contributed by atoms with van der Waals surface area (Å²) in [5.41, 5.74) is 0. The highest BCUT2D eigenvalue weighted by Gasteiger charge is 2.16. The molecule has 0 aliphatic carbocycles. The molecule has 0 rings (SSSR count). The highest BCUT2D eigenvalue weighted by molar-refractivity contribution is 7.86. The summed E-state index contributed by atoms with van der Waals surface area (Å²) >= 11 is 0. The van der Waals surface area contributed by atoms with Gasteiger partial charge < -0.3 is 9.47 Å². The zero-order chi connectivity index (χ0) is 20.1. The summed E-state index contributed by atoms with van der Waals surface area (Å²) in [4.78, 5) is 22.0. The molecule has 0 radical (unpaired) electrons. The normalized spacial score (nSPS) is 11.9. The van der Waals surface area contributed by atoms with Gasteiger partial charge in [0.1, 0.15) is 0 Å². The third-order valence-electron chi connectivity index (χ3n) is 2.86. The molecule has 0 aromatic rings. The van der Waals surface area contributed by atoms with Gasteiger partial charge in [-0.15, -0.1) is 0 Å². The van der Waals surface area contributed by atoms with Crippen molar-refractivity contribution in [2.75, 3.05) is 37.9 Å². The van der Waals surface area contributed by atoms with Gasteiger partial charge in [-0.05, 0) is 26.7 Å². The first kappa shape index (κ1) is 24.8. The minimum atomic E-state index is -3.83. The molecule has 0 bridgehead atoms. The Balaban J connectivity index is 3.88. The van der Waals surface area contributed by atoms with Crippen LogP contribution in [0.1, 0.15) is 39.5 Å². The lowest BCUT2D eigenvalue weighted by atomic mass is 10.2. The van der Waals surface area contributed by atoms with Gasteiger partial charge in [-0.2, -0.15) is 16.8 Å². The fourth-order valence-corrected chi connectivity index (χ4v) is 3.61. The number of hydrogen-bond donors (Lipinski definition) is 0. The summed E-state index contributed by atoms with van der Waals surface area (Å²) in [6.45, 7) is 2.13. The third-order valence-corrected chi connectivity index (χ3v) is 5.39. The molecule has 0 N–H and O–H groups in total.